The predicted octanol–water partition coefficient (Wildman–Crippen LogP) is 6.06. The number of piperazine rings is 1. The van der Waals surface area contributed by atoms with Gasteiger partial charge in [-0.25, -0.2) is 4.98 Å². The summed E-state index contributed by atoms with van der Waals surface area (Å²) in [6.07, 6.45) is 1.55. The molecule has 2 aliphatic heterocycles. The summed E-state index contributed by atoms with van der Waals surface area (Å²) in [5, 5.41) is 6.92. The van der Waals surface area contributed by atoms with Gasteiger partial charge in [0, 0.05) is 65.5 Å². The lowest BCUT2D eigenvalue weighted by Crippen LogP contribution is -2.48. The minimum atomic E-state index is -0.0288. The van der Waals surface area contributed by atoms with Crippen LogP contribution >= 0.6 is 23.4 Å². The minimum Gasteiger partial charge on any atom is -0.493 e. The Morgan fingerprint density at radius 1 is 0.923 bits per heavy atom. The molecule has 0 saturated carbocycles. The van der Waals surface area contributed by atoms with E-state index in [1.165, 1.54) is 5.69 Å². The summed E-state index contributed by atoms with van der Waals surface area (Å²) in [6, 6.07) is 23.8. The molecule has 3 heterocycles. The Balaban J connectivity index is 1.25. The molecule has 10 heteroatoms. The zero-order valence-electron chi connectivity index (χ0n) is 21.1. The van der Waals surface area contributed by atoms with E-state index in [4.69, 9.17) is 16.3 Å². The molecule has 6 rings (SSSR count). The molecular weight excluding hydrogens is 532 g/mol. The lowest BCUT2D eigenvalue weighted by molar-refractivity contribution is 0.0746. The van der Waals surface area contributed by atoms with Crippen molar-refractivity contribution in [3.05, 3.63) is 89.6 Å². The van der Waals surface area contributed by atoms with E-state index < -0.39 is 0 Å². The zero-order valence-corrected chi connectivity index (χ0v) is 22.7. The van der Waals surface area contributed by atoms with Gasteiger partial charge in [-0.15, -0.1) is 11.8 Å². The van der Waals surface area contributed by atoms with Gasteiger partial charge in [0.2, 0.25) is 5.95 Å². The molecule has 2 N–H and O–H groups in total. The third-order valence-corrected chi connectivity index (χ3v) is 7.79. The number of carbonyl (C=O) groups is 1. The quantitative estimate of drug-likeness (QED) is 0.307. The number of amides is 1. The Morgan fingerprint density at radius 2 is 1.77 bits per heavy atom. The number of rotatable bonds is 2. The average Bonchev–Trinajstić information content (AvgIpc) is 2.97. The molecule has 1 amide bonds. The molecular formula is C29H27ClN6O2S. The third kappa shape index (κ3) is 6.05. The molecule has 0 spiro atoms. The fraction of sp³-hybridized carbons (Fsp3) is 0.207. The number of hydrogen-bond acceptors (Lipinski definition) is 8. The van der Waals surface area contributed by atoms with Crippen LogP contribution in [0.5, 0.6) is 5.75 Å². The number of aromatic nitrogens is 2. The van der Waals surface area contributed by atoms with Crippen LogP contribution in [0.3, 0.4) is 0 Å². The van der Waals surface area contributed by atoms with E-state index in [1.54, 1.807) is 18.0 Å². The fourth-order valence-corrected chi connectivity index (χ4v) is 5.56. The summed E-state index contributed by atoms with van der Waals surface area (Å²) >= 11 is 8.08. The van der Waals surface area contributed by atoms with Gasteiger partial charge >= 0.3 is 0 Å². The maximum atomic E-state index is 13.6. The maximum Gasteiger partial charge on any atom is 0.254 e. The topological polar surface area (TPSA) is 82.6 Å². The number of nitrogens with one attached hydrogen (secondary N) is 2. The van der Waals surface area contributed by atoms with Crippen molar-refractivity contribution in [3.8, 4) is 5.75 Å². The first-order valence-electron chi connectivity index (χ1n) is 12.8. The number of benzene rings is 3. The molecule has 8 nitrogen and oxygen atoms in total. The second-order valence-corrected chi connectivity index (χ2v) is 10.8. The van der Waals surface area contributed by atoms with Gasteiger partial charge < -0.3 is 25.2 Å². The summed E-state index contributed by atoms with van der Waals surface area (Å²) in [5.41, 5.74) is 3.27. The van der Waals surface area contributed by atoms with E-state index in [2.05, 4.69) is 43.7 Å². The molecule has 4 aromatic rings. The van der Waals surface area contributed by atoms with Gasteiger partial charge in [-0.1, -0.05) is 35.9 Å². The summed E-state index contributed by atoms with van der Waals surface area (Å²) in [4.78, 5) is 27.8. The molecule has 6 bridgehead atoms. The Labute approximate surface area is 236 Å². The van der Waals surface area contributed by atoms with Crippen molar-refractivity contribution in [2.45, 2.75) is 4.90 Å². The van der Waals surface area contributed by atoms with Crippen LogP contribution in [0.2, 0.25) is 5.02 Å². The van der Waals surface area contributed by atoms with Crippen LogP contribution in [0.4, 0.5) is 28.8 Å². The standard InChI is InChI=1S/C29H27ClN6O2S/c30-26-19-31-29-33-22-15-20(28(37)36-11-9-35(10-12-36)23-6-2-1-3-7-23)16-24(17-22)38-13-14-39-25-8-4-5-21(18-25)32-27(26)34-29/h1-8,15-19H,9-14H2,(H2,31,32,33,34). The van der Waals surface area contributed by atoms with E-state index in [0.29, 0.717) is 53.5 Å². The number of anilines is 5. The molecule has 0 radical (unpaired) electrons. The summed E-state index contributed by atoms with van der Waals surface area (Å²) in [5.74, 6) is 2.18. The molecule has 39 heavy (non-hydrogen) atoms. The van der Waals surface area contributed by atoms with Crippen LogP contribution in [-0.2, 0) is 0 Å². The van der Waals surface area contributed by atoms with E-state index in [0.717, 1.165) is 29.4 Å². The van der Waals surface area contributed by atoms with Gasteiger partial charge in [0.1, 0.15) is 10.8 Å². The van der Waals surface area contributed by atoms with E-state index in [1.807, 2.05) is 59.5 Å². The summed E-state index contributed by atoms with van der Waals surface area (Å²) < 4.78 is 6.10. The van der Waals surface area contributed by atoms with E-state index >= 15 is 0 Å². The SMILES string of the molecule is O=C(c1cc2cc(c1)OCCSc1cccc(c1)Nc1nc(ncc1Cl)N2)N1CCN(c2ccccc2)CC1. The number of thioether (sulfide) groups is 1. The van der Waals surface area contributed by atoms with Gasteiger partial charge in [-0.05, 0) is 42.5 Å². The number of fused-ring (bicyclic) bond motifs is 6. The Kier molecular flexibility index (Phi) is 7.42. The molecule has 1 saturated heterocycles. The lowest BCUT2D eigenvalue weighted by atomic mass is 10.1. The monoisotopic (exact) mass is 558 g/mol. The van der Waals surface area contributed by atoms with Gasteiger partial charge in [-0.2, -0.15) is 4.98 Å². The highest BCUT2D eigenvalue weighted by Crippen LogP contribution is 2.30. The van der Waals surface area contributed by atoms with Crippen LogP contribution in [0.25, 0.3) is 0 Å². The minimum absolute atomic E-state index is 0.0288. The Morgan fingerprint density at radius 3 is 2.62 bits per heavy atom. The number of ether oxygens (including phenoxy) is 1. The number of carbonyl (C=O) groups excluding carboxylic acids is 1. The molecule has 0 aliphatic carbocycles. The van der Waals surface area contributed by atoms with E-state index in [9.17, 15) is 4.79 Å². The fourth-order valence-electron chi connectivity index (χ4n) is 4.63. The Hall–Kier alpha value is -3.95. The first-order valence-corrected chi connectivity index (χ1v) is 14.1. The second kappa shape index (κ2) is 11.4. The first kappa shape index (κ1) is 25.3. The third-order valence-electron chi connectivity index (χ3n) is 6.56. The lowest BCUT2D eigenvalue weighted by Gasteiger charge is -2.36. The van der Waals surface area contributed by atoms with Crippen LogP contribution in [0.15, 0.2) is 83.9 Å². The molecule has 0 unspecified atom stereocenters. The van der Waals surface area contributed by atoms with E-state index in [-0.39, 0.29) is 5.91 Å². The Bertz CT molecular complexity index is 1480. The van der Waals surface area contributed by atoms with Gasteiger partial charge in [0.05, 0.1) is 12.8 Å². The summed E-state index contributed by atoms with van der Waals surface area (Å²) in [6.45, 7) is 3.34. The highest BCUT2D eigenvalue weighted by molar-refractivity contribution is 7.99. The van der Waals surface area contributed by atoms with Gasteiger partial charge in [-0.3, -0.25) is 4.79 Å². The van der Waals surface area contributed by atoms with Gasteiger partial charge in [0.25, 0.3) is 5.91 Å². The first-order chi connectivity index (χ1) is 19.1. The molecule has 198 valence electrons. The van der Waals surface area contributed by atoms with Crippen LogP contribution in [0, 0.1) is 0 Å². The van der Waals surface area contributed by atoms with Crippen molar-refractivity contribution in [2.75, 3.05) is 54.1 Å². The second-order valence-electron chi connectivity index (χ2n) is 9.23. The molecule has 1 fully saturated rings. The predicted molar refractivity (Wildman–Crippen MR) is 157 cm³/mol. The van der Waals surface area contributed by atoms with Crippen molar-refractivity contribution >= 4 is 58.1 Å². The van der Waals surface area contributed by atoms with Crippen molar-refractivity contribution in [3.63, 3.8) is 0 Å². The molecule has 0 atom stereocenters. The normalized spacial score (nSPS) is 15.2. The maximum absolute atomic E-state index is 13.6. The number of hydrogen-bond donors (Lipinski definition) is 2. The summed E-state index contributed by atoms with van der Waals surface area (Å²) in [7, 11) is 0. The number of nitrogens with zero attached hydrogens (tertiary/aromatic N) is 4. The van der Waals surface area contributed by atoms with Crippen molar-refractivity contribution in [1.82, 2.24) is 14.9 Å². The molecule has 2 aliphatic rings. The number of halogens is 1. The highest BCUT2D eigenvalue weighted by Gasteiger charge is 2.23. The largest absolute Gasteiger partial charge is 0.493 e. The highest BCUT2D eigenvalue weighted by atomic mass is 35.5. The molecule has 3 aromatic carbocycles. The molecule has 1 aromatic heterocycles. The van der Waals surface area contributed by atoms with Crippen molar-refractivity contribution in [1.29, 1.82) is 0 Å². The van der Waals surface area contributed by atoms with Crippen LogP contribution in [0.1, 0.15) is 10.4 Å². The average molecular weight is 559 g/mol. The zero-order chi connectivity index (χ0) is 26.6. The smallest absolute Gasteiger partial charge is 0.254 e. The van der Waals surface area contributed by atoms with Crippen molar-refractivity contribution in [2.24, 2.45) is 0 Å². The van der Waals surface area contributed by atoms with Crippen LogP contribution in [-0.4, -0.2) is 59.3 Å². The van der Waals surface area contributed by atoms with Gasteiger partial charge in [0.15, 0.2) is 5.82 Å². The van der Waals surface area contributed by atoms with Crippen LogP contribution < -0.4 is 20.3 Å². The number of para-hydroxylation sites is 1. The van der Waals surface area contributed by atoms with Crippen molar-refractivity contribution < 1.29 is 9.53 Å².